The predicted octanol–water partition coefficient (Wildman–Crippen LogP) is 4.50. The summed E-state index contributed by atoms with van der Waals surface area (Å²) in [7, 11) is 0. The minimum atomic E-state index is 0.0721. The minimum Gasteiger partial charge on any atom is -0.494 e. The number of hydrogen-bond donors (Lipinski definition) is 0. The number of rotatable bonds is 6. The molecule has 0 saturated carbocycles. The van der Waals surface area contributed by atoms with Crippen LogP contribution in [0.25, 0.3) is 11.0 Å². The zero-order valence-corrected chi connectivity index (χ0v) is 16.6. The Hall–Kier alpha value is -2.82. The van der Waals surface area contributed by atoms with Crippen LogP contribution < -0.4 is 4.74 Å². The second-order valence-electron chi connectivity index (χ2n) is 7.50. The van der Waals surface area contributed by atoms with Gasteiger partial charge in [0.2, 0.25) is 5.91 Å². The second-order valence-corrected chi connectivity index (χ2v) is 7.50. The third-order valence-electron chi connectivity index (χ3n) is 5.46. The van der Waals surface area contributed by atoms with Gasteiger partial charge >= 0.3 is 0 Å². The van der Waals surface area contributed by atoms with Gasteiger partial charge in [0.05, 0.1) is 23.7 Å². The largest absolute Gasteiger partial charge is 0.494 e. The molecular weight excluding hydrogens is 350 g/mol. The molecule has 0 spiro atoms. The fraction of sp³-hybridized carbons (Fsp3) is 0.391. The number of aromatic nitrogens is 2. The van der Waals surface area contributed by atoms with Crippen LogP contribution in [0.3, 0.4) is 0 Å². The summed E-state index contributed by atoms with van der Waals surface area (Å²) in [5.74, 6) is 2.04. The molecule has 0 bridgehead atoms. The van der Waals surface area contributed by atoms with Crippen molar-refractivity contribution < 1.29 is 9.53 Å². The Bertz CT molecular complexity index is 962. The Morgan fingerprint density at radius 2 is 1.96 bits per heavy atom. The number of amides is 1. The van der Waals surface area contributed by atoms with Crippen LogP contribution in [0, 0.1) is 6.92 Å². The van der Waals surface area contributed by atoms with Gasteiger partial charge in [-0.15, -0.1) is 0 Å². The number of fused-ring (bicyclic) bond motifs is 1. The zero-order chi connectivity index (χ0) is 19.5. The molecule has 0 radical (unpaired) electrons. The van der Waals surface area contributed by atoms with E-state index in [0.717, 1.165) is 55.0 Å². The van der Waals surface area contributed by atoms with Gasteiger partial charge in [-0.2, -0.15) is 0 Å². The number of nitrogens with zero attached hydrogens (tertiary/aromatic N) is 3. The number of imidazole rings is 1. The van der Waals surface area contributed by atoms with Gasteiger partial charge in [-0.1, -0.05) is 29.8 Å². The first kappa shape index (κ1) is 18.5. The van der Waals surface area contributed by atoms with E-state index >= 15 is 0 Å². The van der Waals surface area contributed by atoms with E-state index in [1.54, 1.807) is 6.92 Å². The highest BCUT2D eigenvalue weighted by Gasteiger charge is 2.31. The molecule has 3 aromatic rings. The van der Waals surface area contributed by atoms with Gasteiger partial charge in [0, 0.05) is 20.0 Å². The third kappa shape index (κ3) is 3.75. The van der Waals surface area contributed by atoms with E-state index in [1.165, 1.54) is 5.56 Å². The van der Waals surface area contributed by atoms with Crippen LogP contribution in [0.1, 0.15) is 43.6 Å². The summed E-state index contributed by atoms with van der Waals surface area (Å²) >= 11 is 0. The molecule has 5 heteroatoms. The van der Waals surface area contributed by atoms with Crippen LogP contribution in [0.5, 0.6) is 5.75 Å². The van der Waals surface area contributed by atoms with E-state index in [-0.39, 0.29) is 11.9 Å². The maximum absolute atomic E-state index is 12.1. The molecule has 1 saturated heterocycles. The summed E-state index contributed by atoms with van der Waals surface area (Å²) in [5.41, 5.74) is 3.35. The molecule has 0 unspecified atom stereocenters. The summed E-state index contributed by atoms with van der Waals surface area (Å²) in [6.45, 7) is 6.02. The van der Waals surface area contributed by atoms with Gasteiger partial charge in [-0.05, 0) is 50.5 Å². The monoisotopic (exact) mass is 377 g/mol. The Balaban J connectivity index is 1.52. The van der Waals surface area contributed by atoms with Gasteiger partial charge in [-0.25, -0.2) is 4.98 Å². The SMILES string of the molecule is CC(=O)N1CCC[C@@H]1c1nc2ccccc2n1CCCOc1ccc(C)cc1. The molecule has 1 aliphatic rings. The maximum Gasteiger partial charge on any atom is 0.220 e. The zero-order valence-electron chi connectivity index (χ0n) is 16.6. The maximum atomic E-state index is 12.1. The number of hydrogen-bond acceptors (Lipinski definition) is 3. The molecule has 5 nitrogen and oxygen atoms in total. The molecule has 4 rings (SSSR count). The smallest absolute Gasteiger partial charge is 0.220 e. The van der Waals surface area contributed by atoms with Gasteiger partial charge in [0.15, 0.2) is 0 Å². The molecule has 1 atom stereocenters. The van der Waals surface area contributed by atoms with Crippen LogP contribution in [-0.2, 0) is 11.3 Å². The Kier molecular flexibility index (Phi) is 5.33. The molecule has 1 aliphatic heterocycles. The quantitative estimate of drug-likeness (QED) is 0.594. The number of carbonyl (C=O) groups is 1. The standard InChI is InChI=1S/C23H27N3O2/c1-17-10-12-19(13-11-17)28-16-6-15-26-21-8-4-3-7-20(21)24-23(26)22-9-5-14-25(22)18(2)27/h3-4,7-8,10-13,22H,5-6,9,14-16H2,1-2H3/t22-/m1/s1. The molecule has 2 heterocycles. The first-order valence-corrected chi connectivity index (χ1v) is 10.1. The third-order valence-corrected chi connectivity index (χ3v) is 5.46. The van der Waals surface area contributed by atoms with Crippen molar-refractivity contribution >= 4 is 16.9 Å². The Labute approximate surface area is 165 Å². The fourth-order valence-corrected chi connectivity index (χ4v) is 4.04. The average Bonchev–Trinajstić information content (AvgIpc) is 3.31. The summed E-state index contributed by atoms with van der Waals surface area (Å²) in [6, 6.07) is 16.4. The van der Waals surface area contributed by atoms with Gasteiger partial charge in [-0.3, -0.25) is 4.79 Å². The second kappa shape index (κ2) is 8.05. The van der Waals surface area contributed by atoms with Crippen LogP contribution in [0.4, 0.5) is 0 Å². The van der Waals surface area contributed by atoms with Crippen molar-refractivity contribution in [3.63, 3.8) is 0 Å². The van der Waals surface area contributed by atoms with Crippen LogP contribution >= 0.6 is 0 Å². The van der Waals surface area contributed by atoms with Gasteiger partial charge < -0.3 is 14.2 Å². The Morgan fingerprint density at radius 1 is 1.18 bits per heavy atom. The first-order chi connectivity index (χ1) is 13.6. The van der Waals surface area contributed by atoms with Gasteiger partial charge in [0.1, 0.15) is 11.6 Å². The predicted molar refractivity (Wildman–Crippen MR) is 110 cm³/mol. The van der Waals surface area contributed by atoms with Crippen molar-refractivity contribution in [1.82, 2.24) is 14.5 Å². The van der Waals surface area contributed by atoms with Crippen molar-refractivity contribution in [1.29, 1.82) is 0 Å². The van der Waals surface area contributed by atoms with Crippen molar-refractivity contribution in [3.8, 4) is 5.75 Å². The topological polar surface area (TPSA) is 47.4 Å². The summed E-state index contributed by atoms with van der Waals surface area (Å²) in [4.78, 5) is 18.9. The summed E-state index contributed by atoms with van der Waals surface area (Å²) in [5, 5.41) is 0. The van der Waals surface area contributed by atoms with Crippen LogP contribution in [-0.4, -0.2) is 33.5 Å². The van der Waals surface area contributed by atoms with Crippen molar-refractivity contribution in [2.24, 2.45) is 0 Å². The lowest BCUT2D eigenvalue weighted by Gasteiger charge is -2.24. The molecule has 0 N–H and O–H groups in total. The molecule has 1 aromatic heterocycles. The van der Waals surface area contributed by atoms with Crippen molar-refractivity contribution in [2.75, 3.05) is 13.2 Å². The molecule has 1 fully saturated rings. The van der Waals surface area contributed by atoms with E-state index in [9.17, 15) is 4.79 Å². The highest BCUT2D eigenvalue weighted by molar-refractivity contribution is 5.77. The molecule has 0 aliphatic carbocycles. The lowest BCUT2D eigenvalue weighted by molar-refractivity contribution is -0.129. The van der Waals surface area contributed by atoms with E-state index < -0.39 is 0 Å². The number of carbonyl (C=O) groups excluding carboxylic acids is 1. The molecule has 146 valence electrons. The fourth-order valence-electron chi connectivity index (χ4n) is 4.04. The normalized spacial score (nSPS) is 16.6. The lowest BCUT2D eigenvalue weighted by atomic mass is 10.2. The number of aryl methyl sites for hydroxylation is 2. The first-order valence-electron chi connectivity index (χ1n) is 10.1. The number of para-hydroxylation sites is 2. The van der Waals surface area contributed by atoms with Crippen LogP contribution in [0.15, 0.2) is 48.5 Å². The summed E-state index contributed by atoms with van der Waals surface area (Å²) < 4.78 is 8.18. The number of ether oxygens (including phenoxy) is 1. The highest BCUT2D eigenvalue weighted by atomic mass is 16.5. The van der Waals surface area contributed by atoms with E-state index in [2.05, 4.69) is 29.7 Å². The summed E-state index contributed by atoms with van der Waals surface area (Å²) in [6.07, 6.45) is 2.89. The van der Waals surface area contributed by atoms with E-state index in [0.29, 0.717) is 6.61 Å². The molecule has 1 amide bonds. The minimum absolute atomic E-state index is 0.0721. The average molecular weight is 377 g/mol. The number of likely N-dealkylation sites (tertiary alicyclic amines) is 1. The molecular formula is C23H27N3O2. The van der Waals surface area contributed by atoms with E-state index in [4.69, 9.17) is 9.72 Å². The van der Waals surface area contributed by atoms with Crippen molar-refractivity contribution in [3.05, 3.63) is 59.9 Å². The van der Waals surface area contributed by atoms with Crippen molar-refractivity contribution in [2.45, 2.75) is 45.7 Å². The van der Waals surface area contributed by atoms with Crippen LogP contribution in [0.2, 0.25) is 0 Å². The molecule has 2 aromatic carbocycles. The lowest BCUT2D eigenvalue weighted by Crippen LogP contribution is -2.30. The molecule has 28 heavy (non-hydrogen) atoms. The van der Waals surface area contributed by atoms with Gasteiger partial charge in [0.25, 0.3) is 0 Å². The van der Waals surface area contributed by atoms with E-state index in [1.807, 2.05) is 35.2 Å². The Morgan fingerprint density at radius 3 is 2.75 bits per heavy atom. The number of benzene rings is 2. The highest BCUT2D eigenvalue weighted by Crippen LogP contribution is 2.33.